The number of esters is 1. The Kier molecular flexibility index (Phi) is 6.31. The Bertz CT molecular complexity index is 717. The van der Waals surface area contributed by atoms with Gasteiger partial charge in [0, 0.05) is 21.7 Å². The minimum Gasteiger partial charge on any atom is -0.467 e. The van der Waals surface area contributed by atoms with Crippen molar-refractivity contribution in [2.24, 2.45) is 0 Å². The molecule has 128 valence electrons. The number of hydrogen-bond acceptors (Lipinski definition) is 6. The molecule has 7 heteroatoms. The van der Waals surface area contributed by atoms with E-state index >= 15 is 0 Å². The topological polar surface area (TPSA) is 85.6 Å². The number of aryl methyl sites for hydroxylation is 2. The lowest BCUT2D eigenvalue weighted by atomic mass is 10.1. The highest BCUT2D eigenvalue weighted by Crippen LogP contribution is 2.22. The number of carbonyl (C=O) groups is 3. The van der Waals surface area contributed by atoms with Crippen molar-refractivity contribution in [1.29, 1.82) is 0 Å². The van der Waals surface area contributed by atoms with Gasteiger partial charge in [-0.05, 0) is 32.0 Å². The van der Waals surface area contributed by atoms with Crippen molar-refractivity contribution in [3.05, 3.63) is 45.5 Å². The Labute approximate surface area is 143 Å². The molecule has 1 N–H and O–H groups in total. The second kappa shape index (κ2) is 8.44. The van der Waals surface area contributed by atoms with Crippen molar-refractivity contribution >= 4 is 29.0 Å². The zero-order chi connectivity index (χ0) is 17.5. The molecule has 0 radical (unpaired) electrons. The molecule has 0 aromatic carbocycles. The van der Waals surface area contributed by atoms with Gasteiger partial charge in [0.05, 0.1) is 19.2 Å². The third-order valence-electron chi connectivity index (χ3n) is 3.30. The fourth-order valence-electron chi connectivity index (χ4n) is 2.13. The fourth-order valence-corrected chi connectivity index (χ4v) is 3.07. The minimum absolute atomic E-state index is 0.0430. The molecule has 0 aliphatic heterocycles. The average Bonchev–Trinajstić information content (AvgIpc) is 3.17. The SMILES string of the molecule is Cc1cc(C(=O)CCC(=O)OCC(=O)NCc2ccco2)c(C)s1. The van der Waals surface area contributed by atoms with E-state index in [0.717, 1.165) is 9.75 Å². The zero-order valence-corrected chi connectivity index (χ0v) is 14.4. The normalized spacial score (nSPS) is 10.4. The molecular formula is C17H19NO5S. The number of amides is 1. The lowest BCUT2D eigenvalue weighted by Crippen LogP contribution is -2.28. The molecule has 0 spiro atoms. The van der Waals surface area contributed by atoms with Crippen molar-refractivity contribution in [2.75, 3.05) is 6.61 Å². The van der Waals surface area contributed by atoms with E-state index in [1.54, 1.807) is 23.5 Å². The van der Waals surface area contributed by atoms with Gasteiger partial charge in [0.2, 0.25) is 0 Å². The monoisotopic (exact) mass is 349 g/mol. The van der Waals surface area contributed by atoms with Crippen LogP contribution in [0.3, 0.4) is 0 Å². The molecule has 0 unspecified atom stereocenters. The van der Waals surface area contributed by atoms with Crippen LogP contribution in [0.15, 0.2) is 28.9 Å². The summed E-state index contributed by atoms with van der Waals surface area (Å²) in [6.07, 6.45) is 1.54. The van der Waals surface area contributed by atoms with Crippen LogP contribution in [0.25, 0.3) is 0 Å². The Morgan fingerprint density at radius 1 is 1.25 bits per heavy atom. The van der Waals surface area contributed by atoms with E-state index in [2.05, 4.69) is 5.32 Å². The molecule has 2 heterocycles. The number of ether oxygens (including phenoxy) is 1. The highest BCUT2D eigenvalue weighted by Gasteiger charge is 2.15. The molecule has 6 nitrogen and oxygen atoms in total. The summed E-state index contributed by atoms with van der Waals surface area (Å²) in [5.41, 5.74) is 0.654. The number of Topliss-reactive ketones (excluding diaryl/α,β-unsaturated/α-hetero) is 1. The van der Waals surface area contributed by atoms with E-state index in [-0.39, 0.29) is 31.8 Å². The summed E-state index contributed by atoms with van der Waals surface area (Å²) in [7, 11) is 0. The van der Waals surface area contributed by atoms with Crippen LogP contribution in [0.2, 0.25) is 0 Å². The van der Waals surface area contributed by atoms with Gasteiger partial charge in [-0.15, -0.1) is 11.3 Å². The first-order valence-corrected chi connectivity index (χ1v) is 8.32. The predicted molar refractivity (Wildman–Crippen MR) is 88.9 cm³/mol. The van der Waals surface area contributed by atoms with Crippen molar-refractivity contribution in [1.82, 2.24) is 5.32 Å². The first kappa shape index (κ1) is 17.9. The summed E-state index contributed by atoms with van der Waals surface area (Å²) in [6.45, 7) is 3.68. The molecule has 24 heavy (non-hydrogen) atoms. The average molecular weight is 349 g/mol. The fraction of sp³-hybridized carbons (Fsp3) is 0.353. The maximum Gasteiger partial charge on any atom is 0.306 e. The summed E-state index contributed by atoms with van der Waals surface area (Å²) in [5.74, 6) is -0.464. The van der Waals surface area contributed by atoms with E-state index in [4.69, 9.17) is 9.15 Å². The third kappa shape index (κ3) is 5.34. The maximum absolute atomic E-state index is 12.1. The lowest BCUT2D eigenvalue weighted by Gasteiger charge is -2.05. The van der Waals surface area contributed by atoms with E-state index in [9.17, 15) is 14.4 Å². The van der Waals surface area contributed by atoms with Gasteiger partial charge in [-0.3, -0.25) is 14.4 Å². The molecule has 0 saturated heterocycles. The van der Waals surface area contributed by atoms with E-state index in [0.29, 0.717) is 11.3 Å². The third-order valence-corrected chi connectivity index (χ3v) is 4.27. The number of rotatable bonds is 8. The molecular weight excluding hydrogens is 330 g/mol. The van der Waals surface area contributed by atoms with Gasteiger partial charge in [-0.2, -0.15) is 0 Å². The van der Waals surface area contributed by atoms with Crippen molar-refractivity contribution in [3.8, 4) is 0 Å². The van der Waals surface area contributed by atoms with Gasteiger partial charge in [0.25, 0.3) is 5.91 Å². The van der Waals surface area contributed by atoms with Crippen LogP contribution in [0.4, 0.5) is 0 Å². The van der Waals surface area contributed by atoms with Gasteiger partial charge in [-0.1, -0.05) is 0 Å². The van der Waals surface area contributed by atoms with Crippen LogP contribution in [0, 0.1) is 13.8 Å². The van der Waals surface area contributed by atoms with Crippen LogP contribution in [0.1, 0.15) is 38.7 Å². The second-order valence-corrected chi connectivity index (χ2v) is 6.73. The van der Waals surface area contributed by atoms with E-state index in [1.807, 2.05) is 19.9 Å². The highest BCUT2D eigenvalue weighted by atomic mass is 32.1. The standard InChI is InChI=1S/C17H19NO5S/c1-11-8-14(12(2)24-11)15(19)5-6-17(21)23-10-16(20)18-9-13-4-3-7-22-13/h3-4,7-8H,5-6,9-10H2,1-2H3,(H,18,20). The predicted octanol–water partition coefficient (Wildman–Crippen LogP) is 2.78. The summed E-state index contributed by atoms with van der Waals surface area (Å²) in [6, 6.07) is 5.27. The van der Waals surface area contributed by atoms with Crippen molar-refractivity contribution in [3.63, 3.8) is 0 Å². The Morgan fingerprint density at radius 2 is 2.04 bits per heavy atom. The molecule has 2 aromatic heterocycles. The van der Waals surface area contributed by atoms with Crippen LogP contribution in [0.5, 0.6) is 0 Å². The molecule has 2 aromatic rings. The number of hydrogen-bond donors (Lipinski definition) is 1. The largest absolute Gasteiger partial charge is 0.467 e. The summed E-state index contributed by atoms with van der Waals surface area (Å²) < 4.78 is 9.93. The van der Waals surface area contributed by atoms with Gasteiger partial charge in [0.15, 0.2) is 12.4 Å². The Morgan fingerprint density at radius 3 is 2.67 bits per heavy atom. The summed E-state index contributed by atoms with van der Waals surface area (Å²) in [5, 5.41) is 2.57. The Hall–Kier alpha value is -2.41. The quantitative estimate of drug-likeness (QED) is 0.585. The molecule has 1 amide bonds. The molecule has 0 aliphatic rings. The Balaban J connectivity index is 1.66. The summed E-state index contributed by atoms with van der Waals surface area (Å²) >= 11 is 1.55. The van der Waals surface area contributed by atoms with Crippen molar-refractivity contribution < 1.29 is 23.5 Å². The second-order valence-electron chi connectivity index (χ2n) is 5.27. The minimum atomic E-state index is -0.568. The number of ketones is 1. The maximum atomic E-state index is 12.1. The molecule has 2 rings (SSSR count). The van der Waals surface area contributed by atoms with Crippen LogP contribution in [-0.2, 0) is 20.9 Å². The summed E-state index contributed by atoms with van der Waals surface area (Å²) in [4.78, 5) is 37.3. The molecule has 0 aliphatic carbocycles. The van der Waals surface area contributed by atoms with Crippen LogP contribution < -0.4 is 5.32 Å². The molecule has 0 saturated carbocycles. The van der Waals surface area contributed by atoms with Gasteiger partial charge >= 0.3 is 5.97 Å². The van der Waals surface area contributed by atoms with E-state index in [1.165, 1.54) is 6.26 Å². The van der Waals surface area contributed by atoms with Crippen molar-refractivity contribution in [2.45, 2.75) is 33.2 Å². The van der Waals surface area contributed by atoms with Crippen LogP contribution in [-0.4, -0.2) is 24.3 Å². The van der Waals surface area contributed by atoms with Gasteiger partial charge in [0.1, 0.15) is 5.76 Å². The number of thiophene rings is 1. The number of nitrogens with one attached hydrogen (secondary N) is 1. The van der Waals surface area contributed by atoms with Crippen LogP contribution >= 0.6 is 11.3 Å². The van der Waals surface area contributed by atoms with E-state index < -0.39 is 11.9 Å². The first-order valence-electron chi connectivity index (χ1n) is 7.50. The molecule has 0 bridgehead atoms. The first-order chi connectivity index (χ1) is 11.5. The lowest BCUT2D eigenvalue weighted by molar-refractivity contribution is -0.148. The number of furan rings is 1. The number of carbonyl (C=O) groups excluding carboxylic acids is 3. The highest BCUT2D eigenvalue weighted by molar-refractivity contribution is 7.12. The smallest absolute Gasteiger partial charge is 0.306 e. The van der Waals surface area contributed by atoms with Gasteiger partial charge in [-0.25, -0.2) is 0 Å². The van der Waals surface area contributed by atoms with Gasteiger partial charge < -0.3 is 14.5 Å². The zero-order valence-electron chi connectivity index (χ0n) is 13.6. The molecule has 0 fully saturated rings. The molecule has 0 atom stereocenters.